The summed E-state index contributed by atoms with van der Waals surface area (Å²) in [7, 11) is 1.84. The van der Waals surface area contributed by atoms with Crippen molar-refractivity contribution in [3.8, 4) is 0 Å². The van der Waals surface area contributed by atoms with Crippen LogP contribution in [0.25, 0.3) is 0 Å². The van der Waals surface area contributed by atoms with Crippen LogP contribution >= 0.6 is 15.9 Å². The molecule has 0 aliphatic carbocycles. The van der Waals surface area contributed by atoms with Gasteiger partial charge < -0.3 is 5.32 Å². The van der Waals surface area contributed by atoms with Gasteiger partial charge in [0.15, 0.2) is 5.78 Å². The van der Waals surface area contributed by atoms with Gasteiger partial charge in [-0.2, -0.15) is 0 Å². The summed E-state index contributed by atoms with van der Waals surface area (Å²) in [6.45, 7) is 3.64. The topological polar surface area (TPSA) is 29.1 Å². The van der Waals surface area contributed by atoms with E-state index in [-0.39, 0.29) is 5.78 Å². The number of carbonyl (C=O) groups is 1. The van der Waals surface area contributed by atoms with E-state index in [1.807, 2.05) is 26.1 Å². The number of ketones is 1. The van der Waals surface area contributed by atoms with Gasteiger partial charge in [0, 0.05) is 22.8 Å². The fraction of sp³-hybridized carbons (Fsp3) is 0.364. The molecule has 1 rings (SSSR count). The highest BCUT2D eigenvalue weighted by Gasteiger charge is 2.10. The molecular weight excluding hydrogens is 242 g/mol. The summed E-state index contributed by atoms with van der Waals surface area (Å²) < 4.78 is 0.997. The van der Waals surface area contributed by atoms with Crippen molar-refractivity contribution in [2.75, 3.05) is 12.4 Å². The summed E-state index contributed by atoms with van der Waals surface area (Å²) in [4.78, 5) is 11.4. The monoisotopic (exact) mass is 255 g/mol. The van der Waals surface area contributed by atoms with Gasteiger partial charge >= 0.3 is 0 Å². The fourth-order valence-electron chi connectivity index (χ4n) is 1.45. The fourth-order valence-corrected chi connectivity index (χ4v) is 2.19. The van der Waals surface area contributed by atoms with E-state index in [4.69, 9.17) is 0 Å². The molecular formula is C11H14BrNO. The molecule has 1 N–H and O–H groups in total. The van der Waals surface area contributed by atoms with Crippen molar-refractivity contribution in [1.82, 2.24) is 0 Å². The normalized spacial score (nSPS) is 10.0. The molecule has 0 atom stereocenters. The Kier molecular flexibility index (Phi) is 3.69. The Morgan fingerprint density at radius 3 is 2.57 bits per heavy atom. The Morgan fingerprint density at radius 1 is 1.50 bits per heavy atom. The van der Waals surface area contributed by atoms with Crippen LogP contribution in [-0.4, -0.2) is 12.8 Å². The lowest BCUT2D eigenvalue weighted by molar-refractivity contribution is 0.101. The molecule has 0 unspecified atom stereocenters. The second-order valence-corrected chi connectivity index (χ2v) is 4.00. The zero-order chi connectivity index (χ0) is 10.7. The van der Waals surface area contributed by atoms with Crippen molar-refractivity contribution in [3.63, 3.8) is 0 Å². The molecule has 0 aromatic heterocycles. The first-order valence-electron chi connectivity index (χ1n) is 4.61. The van der Waals surface area contributed by atoms with Gasteiger partial charge in [-0.05, 0) is 31.0 Å². The number of carbonyl (C=O) groups excluding carboxylic acids is 1. The highest BCUT2D eigenvalue weighted by atomic mass is 79.9. The first-order valence-corrected chi connectivity index (χ1v) is 5.40. The molecule has 0 bridgehead atoms. The van der Waals surface area contributed by atoms with E-state index < -0.39 is 0 Å². The van der Waals surface area contributed by atoms with Crippen molar-refractivity contribution in [3.05, 3.63) is 27.7 Å². The largest absolute Gasteiger partial charge is 0.388 e. The van der Waals surface area contributed by atoms with Crippen molar-refractivity contribution in [2.45, 2.75) is 20.3 Å². The Balaban J connectivity index is 3.35. The van der Waals surface area contributed by atoms with Gasteiger partial charge in [0.2, 0.25) is 0 Å². The quantitative estimate of drug-likeness (QED) is 0.841. The van der Waals surface area contributed by atoms with Crippen LogP contribution in [0.1, 0.15) is 29.8 Å². The van der Waals surface area contributed by atoms with Gasteiger partial charge in [-0.25, -0.2) is 0 Å². The summed E-state index contributed by atoms with van der Waals surface area (Å²) in [5, 5.41) is 3.03. The Hall–Kier alpha value is -0.830. The molecule has 0 aliphatic heterocycles. The van der Waals surface area contributed by atoms with Crippen molar-refractivity contribution < 1.29 is 4.79 Å². The minimum Gasteiger partial charge on any atom is -0.388 e. The third kappa shape index (κ3) is 2.15. The molecule has 0 radical (unpaired) electrons. The minimum absolute atomic E-state index is 0.111. The van der Waals surface area contributed by atoms with E-state index in [2.05, 4.69) is 21.2 Å². The number of Topliss-reactive ketones (excluding diaryl/α,β-unsaturated/α-hetero) is 1. The van der Waals surface area contributed by atoms with Crippen molar-refractivity contribution in [1.29, 1.82) is 0 Å². The summed E-state index contributed by atoms with van der Waals surface area (Å²) in [5.74, 6) is 0.111. The molecule has 2 nitrogen and oxygen atoms in total. The van der Waals surface area contributed by atoms with Gasteiger partial charge in [0.25, 0.3) is 0 Å². The van der Waals surface area contributed by atoms with Gasteiger partial charge in [-0.1, -0.05) is 22.9 Å². The highest BCUT2D eigenvalue weighted by molar-refractivity contribution is 9.10. The maximum absolute atomic E-state index is 11.4. The standard InChI is InChI=1S/C11H14BrNO/c1-4-9-10(7(2)14)5-8(13-3)6-11(9)12/h5-6,13H,4H2,1-3H3. The number of anilines is 1. The maximum atomic E-state index is 11.4. The average Bonchev–Trinajstić information content (AvgIpc) is 2.16. The third-order valence-electron chi connectivity index (χ3n) is 2.22. The van der Waals surface area contributed by atoms with E-state index in [9.17, 15) is 4.79 Å². The van der Waals surface area contributed by atoms with Gasteiger partial charge in [0.1, 0.15) is 0 Å². The van der Waals surface area contributed by atoms with Crippen molar-refractivity contribution in [2.24, 2.45) is 0 Å². The van der Waals surface area contributed by atoms with Gasteiger partial charge in [0.05, 0.1) is 0 Å². The van der Waals surface area contributed by atoms with Gasteiger partial charge in [-0.3, -0.25) is 4.79 Å². The van der Waals surface area contributed by atoms with Crippen LogP contribution in [0.5, 0.6) is 0 Å². The van der Waals surface area contributed by atoms with Crippen LogP contribution in [0.15, 0.2) is 16.6 Å². The number of rotatable bonds is 3. The van der Waals surface area contributed by atoms with Crippen molar-refractivity contribution >= 4 is 27.4 Å². The second kappa shape index (κ2) is 4.60. The Labute approximate surface area is 92.8 Å². The molecule has 0 heterocycles. The lowest BCUT2D eigenvalue weighted by atomic mass is 10.0. The lowest BCUT2D eigenvalue weighted by Gasteiger charge is -2.10. The summed E-state index contributed by atoms with van der Waals surface area (Å²) in [6.07, 6.45) is 0.861. The number of hydrogen-bond acceptors (Lipinski definition) is 2. The zero-order valence-corrected chi connectivity index (χ0v) is 10.2. The molecule has 0 amide bonds. The van der Waals surface area contributed by atoms with Crippen LogP contribution in [0.3, 0.4) is 0 Å². The molecule has 0 saturated carbocycles. The van der Waals surface area contributed by atoms with Crippen LogP contribution < -0.4 is 5.32 Å². The van der Waals surface area contributed by atoms with Crippen LogP contribution in [-0.2, 0) is 6.42 Å². The number of halogens is 1. The maximum Gasteiger partial charge on any atom is 0.160 e. The number of nitrogens with one attached hydrogen (secondary N) is 1. The molecule has 0 spiro atoms. The molecule has 0 aliphatic rings. The molecule has 14 heavy (non-hydrogen) atoms. The Morgan fingerprint density at radius 2 is 2.14 bits per heavy atom. The number of hydrogen-bond donors (Lipinski definition) is 1. The van der Waals surface area contributed by atoms with Crippen LogP contribution in [0.4, 0.5) is 5.69 Å². The first-order chi connectivity index (χ1) is 6.60. The number of benzene rings is 1. The van der Waals surface area contributed by atoms with Crippen LogP contribution in [0, 0.1) is 0 Å². The van der Waals surface area contributed by atoms with E-state index in [1.54, 1.807) is 6.92 Å². The van der Waals surface area contributed by atoms with Crippen LogP contribution in [0.2, 0.25) is 0 Å². The molecule has 0 fully saturated rings. The summed E-state index contributed by atoms with van der Waals surface area (Å²) in [5.41, 5.74) is 2.84. The lowest BCUT2D eigenvalue weighted by Crippen LogP contribution is -2.02. The average molecular weight is 256 g/mol. The smallest absolute Gasteiger partial charge is 0.160 e. The van der Waals surface area contributed by atoms with E-state index in [0.29, 0.717) is 0 Å². The van der Waals surface area contributed by atoms with E-state index >= 15 is 0 Å². The highest BCUT2D eigenvalue weighted by Crippen LogP contribution is 2.26. The van der Waals surface area contributed by atoms with E-state index in [1.165, 1.54) is 0 Å². The minimum atomic E-state index is 0.111. The predicted molar refractivity (Wildman–Crippen MR) is 63.1 cm³/mol. The molecule has 1 aromatic carbocycles. The molecule has 76 valence electrons. The first kappa shape index (κ1) is 11.2. The second-order valence-electron chi connectivity index (χ2n) is 3.14. The SMILES string of the molecule is CCc1c(Br)cc(NC)cc1C(C)=O. The van der Waals surface area contributed by atoms with E-state index in [0.717, 1.165) is 27.7 Å². The predicted octanol–water partition coefficient (Wildman–Crippen LogP) is 3.26. The zero-order valence-electron chi connectivity index (χ0n) is 8.65. The summed E-state index contributed by atoms with van der Waals surface area (Å²) >= 11 is 3.48. The molecule has 3 heteroatoms. The summed E-state index contributed by atoms with van der Waals surface area (Å²) in [6, 6.07) is 3.89. The van der Waals surface area contributed by atoms with Gasteiger partial charge in [-0.15, -0.1) is 0 Å². The molecule has 0 saturated heterocycles. The Bertz CT molecular complexity index is 361. The molecule has 1 aromatic rings. The third-order valence-corrected chi connectivity index (χ3v) is 2.92.